The maximum Gasteiger partial charge on any atom is 0.220 e. The van der Waals surface area contributed by atoms with Gasteiger partial charge in [0.25, 0.3) is 0 Å². The monoisotopic (exact) mass is 463 g/mol. The van der Waals surface area contributed by atoms with Gasteiger partial charge in [0.2, 0.25) is 5.91 Å². The molecule has 0 bridgehead atoms. The summed E-state index contributed by atoms with van der Waals surface area (Å²) in [5.74, 6) is 1.95. The summed E-state index contributed by atoms with van der Waals surface area (Å²) < 4.78 is 0. The van der Waals surface area contributed by atoms with Crippen LogP contribution in [0.4, 0.5) is 0 Å². The van der Waals surface area contributed by atoms with Crippen LogP contribution in [0, 0.1) is 11.3 Å². The van der Waals surface area contributed by atoms with Crippen LogP contribution >= 0.6 is 24.0 Å². The molecule has 1 amide bonds. The van der Waals surface area contributed by atoms with Gasteiger partial charge in [-0.1, -0.05) is 6.92 Å². The van der Waals surface area contributed by atoms with E-state index in [0.717, 1.165) is 50.9 Å². The summed E-state index contributed by atoms with van der Waals surface area (Å²) in [6.07, 6.45) is 5.49. The topological polar surface area (TPSA) is 60.0 Å². The van der Waals surface area contributed by atoms with Crippen LogP contribution in [0.3, 0.4) is 0 Å². The minimum absolute atomic E-state index is 0. The van der Waals surface area contributed by atoms with E-state index in [-0.39, 0.29) is 35.3 Å². The van der Waals surface area contributed by atoms with Crippen LogP contribution < -0.4 is 10.6 Å². The van der Waals surface area contributed by atoms with Gasteiger partial charge in [-0.25, -0.2) is 0 Å². The molecule has 0 aliphatic carbocycles. The van der Waals surface area contributed by atoms with Gasteiger partial charge < -0.3 is 20.4 Å². The predicted molar refractivity (Wildman–Crippen MR) is 112 cm³/mol. The Kier molecular flexibility index (Phi) is 7.79. The average molecular weight is 463 g/mol. The van der Waals surface area contributed by atoms with Gasteiger partial charge in [-0.3, -0.25) is 9.79 Å². The number of guanidine groups is 1. The number of nitrogens with zero attached hydrogens (tertiary/aromatic N) is 3. The van der Waals surface area contributed by atoms with Crippen molar-refractivity contribution in [2.24, 2.45) is 16.3 Å². The first-order chi connectivity index (χ1) is 11.6. The van der Waals surface area contributed by atoms with Crippen LogP contribution in [-0.2, 0) is 4.79 Å². The van der Waals surface area contributed by atoms with E-state index >= 15 is 0 Å². The van der Waals surface area contributed by atoms with Crippen LogP contribution in [-0.4, -0.2) is 74.5 Å². The number of aliphatic imine (C=N–C) groups is 1. The van der Waals surface area contributed by atoms with Crippen LogP contribution in [0.5, 0.6) is 0 Å². The molecule has 7 heteroatoms. The molecule has 0 aromatic rings. The Morgan fingerprint density at radius 1 is 1.44 bits per heavy atom. The number of rotatable bonds is 4. The summed E-state index contributed by atoms with van der Waals surface area (Å²) in [5.41, 5.74) is 0.123. The van der Waals surface area contributed by atoms with Crippen LogP contribution in [0.1, 0.15) is 39.0 Å². The Labute approximate surface area is 169 Å². The van der Waals surface area contributed by atoms with Gasteiger partial charge in [0.15, 0.2) is 5.96 Å². The molecular weight excluding hydrogens is 429 g/mol. The van der Waals surface area contributed by atoms with E-state index in [1.807, 2.05) is 7.05 Å². The molecule has 0 radical (unpaired) electrons. The Bertz CT molecular complexity index is 486. The molecule has 2 unspecified atom stereocenters. The zero-order chi connectivity index (χ0) is 17.0. The molecule has 2 atom stereocenters. The molecule has 3 aliphatic rings. The number of hydrogen-bond acceptors (Lipinski definition) is 3. The first kappa shape index (κ1) is 20.7. The van der Waals surface area contributed by atoms with Crippen molar-refractivity contribution in [3.63, 3.8) is 0 Å². The average Bonchev–Trinajstić information content (AvgIpc) is 3.16. The van der Waals surface area contributed by atoms with Gasteiger partial charge in [-0.05, 0) is 44.7 Å². The first-order valence-electron chi connectivity index (χ1n) is 9.59. The van der Waals surface area contributed by atoms with Crippen molar-refractivity contribution < 1.29 is 4.79 Å². The Morgan fingerprint density at radius 2 is 2.28 bits per heavy atom. The van der Waals surface area contributed by atoms with E-state index in [1.54, 1.807) is 0 Å². The molecular formula is C18H34IN5O. The molecule has 6 nitrogen and oxygen atoms in total. The summed E-state index contributed by atoms with van der Waals surface area (Å²) in [5, 5.41) is 6.62. The van der Waals surface area contributed by atoms with Gasteiger partial charge in [0, 0.05) is 51.6 Å². The number of carbonyl (C=O) groups is 1. The van der Waals surface area contributed by atoms with E-state index < -0.39 is 0 Å². The fourth-order valence-corrected chi connectivity index (χ4v) is 4.60. The van der Waals surface area contributed by atoms with E-state index in [9.17, 15) is 4.79 Å². The third-order valence-electron chi connectivity index (χ3n) is 5.83. The van der Waals surface area contributed by atoms with Gasteiger partial charge >= 0.3 is 0 Å². The highest BCUT2D eigenvalue weighted by atomic mass is 127. The second-order valence-corrected chi connectivity index (χ2v) is 7.86. The number of amides is 1. The third kappa shape index (κ3) is 5.21. The SMILES string of the molecule is CCCN1CCC(CNC(=NC)N2CCCC3(CNC(=O)C3)C2)C1.I. The van der Waals surface area contributed by atoms with Crippen molar-refractivity contribution in [3.8, 4) is 0 Å². The van der Waals surface area contributed by atoms with Gasteiger partial charge in [0.1, 0.15) is 0 Å². The quantitative estimate of drug-likeness (QED) is 0.377. The number of hydrogen-bond donors (Lipinski definition) is 2. The van der Waals surface area contributed by atoms with Crippen molar-refractivity contribution in [2.75, 3.05) is 52.9 Å². The maximum absolute atomic E-state index is 11.7. The first-order valence-corrected chi connectivity index (χ1v) is 9.59. The lowest BCUT2D eigenvalue weighted by atomic mass is 9.79. The highest BCUT2D eigenvalue weighted by molar-refractivity contribution is 14.0. The number of piperidine rings is 1. The second kappa shape index (κ2) is 9.39. The third-order valence-corrected chi connectivity index (χ3v) is 5.83. The van der Waals surface area contributed by atoms with E-state index in [2.05, 4.69) is 32.3 Å². The zero-order valence-electron chi connectivity index (χ0n) is 15.7. The molecule has 2 N–H and O–H groups in total. The standard InChI is InChI=1S/C18H33N5O.HI/c1-3-7-22-9-5-15(12-22)11-20-17(19-2)23-8-4-6-18(14-23)10-16(24)21-13-18;/h15H,3-14H2,1-2H3,(H,19,20)(H,21,24);1H. The number of halogens is 1. The molecule has 0 saturated carbocycles. The number of likely N-dealkylation sites (tertiary alicyclic amines) is 2. The summed E-state index contributed by atoms with van der Waals surface area (Å²) >= 11 is 0. The molecule has 0 aromatic carbocycles. The molecule has 3 rings (SSSR count). The summed E-state index contributed by atoms with van der Waals surface area (Å²) in [4.78, 5) is 21.1. The van der Waals surface area contributed by atoms with Crippen molar-refractivity contribution in [2.45, 2.75) is 39.0 Å². The lowest BCUT2D eigenvalue weighted by Crippen LogP contribution is -2.52. The minimum atomic E-state index is 0. The summed E-state index contributed by atoms with van der Waals surface area (Å²) in [6.45, 7) is 9.74. The van der Waals surface area contributed by atoms with E-state index in [0.29, 0.717) is 6.42 Å². The molecule has 3 fully saturated rings. The molecule has 25 heavy (non-hydrogen) atoms. The molecule has 1 spiro atoms. The van der Waals surface area contributed by atoms with Crippen molar-refractivity contribution >= 4 is 35.8 Å². The molecule has 3 saturated heterocycles. The lowest BCUT2D eigenvalue weighted by molar-refractivity contribution is -0.119. The predicted octanol–water partition coefficient (Wildman–Crippen LogP) is 1.51. The van der Waals surface area contributed by atoms with Gasteiger partial charge in [-0.15, -0.1) is 24.0 Å². The van der Waals surface area contributed by atoms with Crippen molar-refractivity contribution in [1.82, 2.24) is 20.4 Å². The highest BCUT2D eigenvalue weighted by Crippen LogP contribution is 2.36. The number of carbonyl (C=O) groups excluding carboxylic acids is 1. The lowest BCUT2D eigenvalue weighted by Gasteiger charge is -2.41. The van der Waals surface area contributed by atoms with Crippen LogP contribution in [0.15, 0.2) is 4.99 Å². The van der Waals surface area contributed by atoms with Gasteiger partial charge in [-0.2, -0.15) is 0 Å². The Balaban J connectivity index is 0.00000225. The second-order valence-electron chi connectivity index (χ2n) is 7.86. The molecule has 0 aromatic heterocycles. The summed E-state index contributed by atoms with van der Waals surface area (Å²) in [7, 11) is 1.87. The Morgan fingerprint density at radius 3 is 2.96 bits per heavy atom. The van der Waals surface area contributed by atoms with Crippen LogP contribution in [0.2, 0.25) is 0 Å². The fourth-order valence-electron chi connectivity index (χ4n) is 4.60. The van der Waals surface area contributed by atoms with E-state index in [1.165, 1.54) is 32.5 Å². The van der Waals surface area contributed by atoms with Crippen molar-refractivity contribution in [3.05, 3.63) is 0 Å². The fraction of sp³-hybridized carbons (Fsp3) is 0.889. The maximum atomic E-state index is 11.7. The molecule has 3 aliphatic heterocycles. The van der Waals surface area contributed by atoms with E-state index in [4.69, 9.17) is 0 Å². The zero-order valence-corrected chi connectivity index (χ0v) is 18.1. The normalized spacial score (nSPS) is 30.5. The largest absolute Gasteiger partial charge is 0.356 e. The molecule has 144 valence electrons. The van der Waals surface area contributed by atoms with Gasteiger partial charge in [0.05, 0.1) is 0 Å². The minimum Gasteiger partial charge on any atom is -0.356 e. The highest BCUT2D eigenvalue weighted by Gasteiger charge is 2.42. The smallest absolute Gasteiger partial charge is 0.220 e. The number of nitrogens with one attached hydrogen (secondary N) is 2. The van der Waals surface area contributed by atoms with Crippen molar-refractivity contribution in [1.29, 1.82) is 0 Å². The summed E-state index contributed by atoms with van der Waals surface area (Å²) in [6, 6.07) is 0. The Hall–Kier alpha value is -0.570. The van der Waals surface area contributed by atoms with Crippen LogP contribution in [0.25, 0.3) is 0 Å². The molecule has 3 heterocycles.